The molecule has 0 saturated carbocycles. The number of ether oxygens (including phenoxy) is 1. The van der Waals surface area contributed by atoms with Crippen molar-refractivity contribution in [2.75, 3.05) is 23.3 Å². The van der Waals surface area contributed by atoms with E-state index in [9.17, 15) is 9.59 Å². The SMILES string of the molecule is C=CC(=O)Nc1ccc2c(N3CCC(OC(N)=O)C3)nc(C)nc2c1. The molecular weight excluding hydrogens is 322 g/mol. The average molecular weight is 341 g/mol. The fraction of sp³-hybridized carbons (Fsp3) is 0.294. The Morgan fingerprint density at radius 1 is 1.44 bits per heavy atom. The highest BCUT2D eigenvalue weighted by molar-refractivity contribution is 6.01. The Morgan fingerprint density at radius 3 is 2.96 bits per heavy atom. The summed E-state index contributed by atoms with van der Waals surface area (Å²) < 4.78 is 5.08. The van der Waals surface area contributed by atoms with Crippen molar-refractivity contribution >= 4 is 34.4 Å². The first-order valence-corrected chi connectivity index (χ1v) is 7.89. The summed E-state index contributed by atoms with van der Waals surface area (Å²) in [6.45, 7) is 6.49. The van der Waals surface area contributed by atoms with E-state index in [1.807, 2.05) is 17.9 Å². The number of anilines is 2. The van der Waals surface area contributed by atoms with Gasteiger partial charge < -0.3 is 20.7 Å². The van der Waals surface area contributed by atoms with Gasteiger partial charge in [0, 0.05) is 24.0 Å². The van der Waals surface area contributed by atoms with Crippen LogP contribution in [0.25, 0.3) is 10.9 Å². The molecule has 2 amide bonds. The van der Waals surface area contributed by atoms with Gasteiger partial charge >= 0.3 is 6.09 Å². The summed E-state index contributed by atoms with van der Waals surface area (Å²) in [5, 5.41) is 3.58. The Balaban J connectivity index is 1.92. The van der Waals surface area contributed by atoms with Gasteiger partial charge in [0.25, 0.3) is 0 Å². The van der Waals surface area contributed by atoms with Gasteiger partial charge in [-0.1, -0.05) is 6.58 Å². The summed E-state index contributed by atoms with van der Waals surface area (Å²) in [4.78, 5) is 33.4. The average Bonchev–Trinajstić information content (AvgIpc) is 3.01. The number of aromatic nitrogens is 2. The number of hydrogen-bond acceptors (Lipinski definition) is 6. The second-order valence-corrected chi connectivity index (χ2v) is 5.81. The van der Waals surface area contributed by atoms with Gasteiger partial charge in [-0.15, -0.1) is 0 Å². The molecule has 0 radical (unpaired) electrons. The minimum atomic E-state index is -0.766. The summed E-state index contributed by atoms with van der Waals surface area (Å²) >= 11 is 0. The largest absolute Gasteiger partial charge is 0.444 e. The lowest BCUT2D eigenvalue weighted by molar-refractivity contribution is -0.111. The Kier molecular flexibility index (Phi) is 4.51. The molecule has 1 unspecified atom stereocenters. The van der Waals surface area contributed by atoms with Crippen LogP contribution in [-0.4, -0.2) is 41.2 Å². The molecule has 1 aliphatic heterocycles. The highest BCUT2D eigenvalue weighted by Crippen LogP contribution is 2.29. The maximum absolute atomic E-state index is 11.5. The van der Waals surface area contributed by atoms with E-state index in [1.54, 1.807) is 12.1 Å². The number of aryl methyl sites for hydroxylation is 1. The lowest BCUT2D eigenvalue weighted by Crippen LogP contribution is -2.27. The van der Waals surface area contributed by atoms with Gasteiger partial charge in [0.05, 0.1) is 12.1 Å². The van der Waals surface area contributed by atoms with Crippen LogP contribution in [0.15, 0.2) is 30.9 Å². The Morgan fingerprint density at radius 2 is 2.24 bits per heavy atom. The van der Waals surface area contributed by atoms with Crippen LogP contribution >= 0.6 is 0 Å². The Hall–Kier alpha value is -3.16. The first-order chi connectivity index (χ1) is 12.0. The molecule has 1 fully saturated rings. The highest BCUT2D eigenvalue weighted by Gasteiger charge is 2.27. The number of carbonyl (C=O) groups is 2. The third kappa shape index (κ3) is 3.68. The zero-order chi connectivity index (χ0) is 18.0. The molecule has 25 heavy (non-hydrogen) atoms. The van der Waals surface area contributed by atoms with Crippen molar-refractivity contribution in [3.63, 3.8) is 0 Å². The van der Waals surface area contributed by atoms with Crippen LogP contribution in [0.4, 0.5) is 16.3 Å². The summed E-state index contributed by atoms with van der Waals surface area (Å²) in [6.07, 6.45) is 0.900. The third-order valence-electron chi connectivity index (χ3n) is 3.97. The van der Waals surface area contributed by atoms with Crippen molar-refractivity contribution in [1.82, 2.24) is 9.97 Å². The third-order valence-corrected chi connectivity index (χ3v) is 3.97. The van der Waals surface area contributed by atoms with E-state index in [-0.39, 0.29) is 12.0 Å². The second-order valence-electron chi connectivity index (χ2n) is 5.81. The molecule has 1 saturated heterocycles. The van der Waals surface area contributed by atoms with Crippen molar-refractivity contribution < 1.29 is 14.3 Å². The number of fused-ring (bicyclic) bond motifs is 1. The van der Waals surface area contributed by atoms with Gasteiger partial charge in [-0.25, -0.2) is 14.8 Å². The second kappa shape index (κ2) is 6.76. The lowest BCUT2D eigenvalue weighted by Gasteiger charge is -2.19. The molecule has 1 aromatic carbocycles. The number of rotatable bonds is 4. The molecule has 1 aromatic heterocycles. The molecule has 2 heterocycles. The van der Waals surface area contributed by atoms with Crippen molar-refractivity contribution in [2.45, 2.75) is 19.4 Å². The zero-order valence-electron chi connectivity index (χ0n) is 13.9. The molecule has 3 rings (SSSR count). The first kappa shape index (κ1) is 16.7. The Labute approximate surface area is 144 Å². The monoisotopic (exact) mass is 341 g/mol. The number of nitrogens with one attached hydrogen (secondary N) is 1. The summed E-state index contributed by atoms with van der Waals surface area (Å²) in [5.74, 6) is 1.12. The van der Waals surface area contributed by atoms with E-state index < -0.39 is 6.09 Å². The molecule has 8 nitrogen and oxygen atoms in total. The zero-order valence-corrected chi connectivity index (χ0v) is 13.9. The quantitative estimate of drug-likeness (QED) is 0.820. The van der Waals surface area contributed by atoms with Crippen molar-refractivity contribution in [3.05, 3.63) is 36.7 Å². The van der Waals surface area contributed by atoms with Crippen molar-refractivity contribution in [1.29, 1.82) is 0 Å². The fourth-order valence-electron chi connectivity index (χ4n) is 2.92. The summed E-state index contributed by atoms with van der Waals surface area (Å²) in [7, 11) is 0. The molecular formula is C17H19N5O3. The molecule has 2 aromatic rings. The van der Waals surface area contributed by atoms with Gasteiger partial charge in [-0.05, 0) is 31.2 Å². The number of nitrogens with two attached hydrogens (primary N) is 1. The van der Waals surface area contributed by atoms with E-state index in [2.05, 4.69) is 21.9 Å². The van der Waals surface area contributed by atoms with Crippen LogP contribution in [-0.2, 0) is 9.53 Å². The van der Waals surface area contributed by atoms with E-state index in [0.717, 1.165) is 16.7 Å². The Bertz CT molecular complexity index is 852. The lowest BCUT2D eigenvalue weighted by atomic mass is 10.2. The number of hydrogen-bond donors (Lipinski definition) is 2. The number of benzene rings is 1. The molecule has 3 N–H and O–H groups in total. The molecule has 1 atom stereocenters. The van der Waals surface area contributed by atoms with Gasteiger partial charge in [-0.2, -0.15) is 0 Å². The van der Waals surface area contributed by atoms with Crippen LogP contribution in [0, 0.1) is 6.92 Å². The van der Waals surface area contributed by atoms with Gasteiger partial charge in [0.1, 0.15) is 17.7 Å². The number of amides is 2. The number of nitrogens with zero attached hydrogens (tertiary/aromatic N) is 3. The number of primary amides is 1. The molecule has 0 aliphatic carbocycles. The van der Waals surface area contributed by atoms with Crippen LogP contribution in [0.1, 0.15) is 12.2 Å². The molecule has 0 spiro atoms. The maximum atomic E-state index is 11.5. The number of carbonyl (C=O) groups excluding carboxylic acids is 2. The van der Waals surface area contributed by atoms with Crippen LogP contribution in [0.2, 0.25) is 0 Å². The smallest absolute Gasteiger partial charge is 0.404 e. The van der Waals surface area contributed by atoms with Crippen molar-refractivity contribution in [2.24, 2.45) is 5.73 Å². The van der Waals surface area contributed by atoms with E-state index >= 15 is 0 Å². The normalized spacial score (nSPS) is 16.7. The van der Waals surface area contributed by atoms with E-state index in [0.29, 0.717) is 31.0 Å². The van der Waals surface area contributed by atoms with Crippen LogP contribution in [0.5, 0.6) is 0 Å². The summed E-state index contributed by atoms with van der Waals surface area (Å²) in [6, 6.07) is 5.45. The predicted molar refractivity (Wildman–Crippen MR) is 94.4 cm³/mol. The highest BCUT2D eigenvalue weighted by atomic mass is 16.6. The standard InChI is InChI=1S/C17H19N5O3/c1-3-15(23)21-11-4-5-13-14(8-11)19-10(2)20-16(13)22-7-6-12(9-22)25-17(18)24/h3-5,8,12H,1,6-7,9H2,2H3,(H2,18,24)(H,21,23). The predicted octanol–water partition coefficient (Wildman–Crippen LogP) is 1.74. The minimum Gasteiger partial charge on any atom is -0.444 e. The minimum absolute atomic E-state index is 0.242. The molecule has 0 bridgehead atoms. The van der Waals surface area contributed by atoms with Gasteiger partial charge in [0.2, 0.25) is 5.91 Å². The maximum Gasteiger partial charge on any atom is 0.404 e. The topological polar surface area (TPSA) is 110 Å². The fourth-order valence-corrected chi connectivity index (χ4v) is 2.92. The van der Waals surface area contributed by atoms with E-state index in [1.165, 1.54) is 6.08 Å². The first-order valence-electron chi connectivity index (χ1n) is 7.89. The molecule has 130 valence electrons. The van der Waals surface area contributed by atoms with E-state index in [4.69, 9.17) is 10.5 Å². The van der Waals surface area contributed by atoms with Crippen LogP contribution in [0.3, 0.4) is 0 Å². The van der Waals surface area contributed by atoms with Gasteiger partial charge in [0.15, 0.2) is 0 Å². The van der Waals surface area contributed by atoms with Gasteiger partial charge in [-0.3, -0.25) is 4.79 Å². The van der Waals surface area contributed by atoms with Crippen LogP contribution < -0.4 is 16.0 Å². The molecule has 1 aliphatic rings. The van der Waals surface area contributed by atoms with Crippen molar-refractivity contribution in [3.8, 4) is 0 Å². The molecule has 8 heteroatoms. The summed E-state index contributed by atoms with van der Waals surface area (Å²) in [5.41, 5.74) is 6.45.